The Bertz CT molecular complexity index is 988. The number of aryl methyl sites for hydroxylation is 2. The number of rotatable bonds is 3. The number of amides is 1. The fourth-order valence-corrected chi connectivity index (χ4v) is 4.08. The quantitative estimate of drug-likeness (QED) is 0.302. The number of hydrogen-bond donors (Lipinski definition) is 0. The molecule has 8 heteroatoms. The molecule has 0 aliphatic carbocycles. The van der Waals surface area contributed by atoms with E-state index in [-0.39, 0.29) is 11.6 Å². The third-order valence-corrected chi connectivity index (χ3v) is 5.51. The predicted octanol–water partition coefficient (Wildman–Crippen LogP) is 5.27. The van der Waals surface area contributed by atoms with Crippen molar-refractivity contribution in [1.82, 2.24) is 0 Å². The number of nitro benzene ring substituents is 1. The highest BCUT2D eigenvalue weighted by Gasteiger charge is 2.34. The van der Waals surface area contributed by atoms with E-state index < -0.39 is 4.92 Å². The fourth-order valence-electron chi connectivity index (χ4n) is 2.63. The van der Waals surface area contributed by atoms with E-state index >= 15 is 0 Å². The van der Waals surface area contributed by atoms with E-state index in [0.717, 1.165) is 28.6 Å². The Morgan fingerprint density at radius 3 is 2.62 bits per heavy atom. The van der Waals surface area contributed by atoms with Crippen molar-refractivity contribution in [3.63, 3.8) is 0 Å². The molecular formula is C18H13ClN2O3S2. The minimum Gasteiger partial charge on any atom is -0.268 e. The van der Waals surface area contributed by atoms with Gasteiger partial charge in [-0.2, -0.15) is 0 Å². The summed E-state index contributed by atoms with van der Waals surface area (Å²) in [6, 6.07) is 9.86. The molecule has 1 aliphatic rings. The van der Waals surface area contributed by atoms with Crippen molar-refractivity contribution in [2.24, 2.45) is 0 Å². The van der Waals surface area contributed by atoms with E-state index in [2.05, 4.69) is 0 Å². The summed E-state index contributed by atoms with van der Waals surface area (Å²) in [4.78, 5) is 25.2. The second kappa shape index (κ2) is 7.19. The molecule has 0 unspecified atom stereocenters. The molecule has 1 amide bonds. The van der Waals surface area contributed by atoms with E-state index in [1.165, 1.54) is 29.2 Å². The van der Waals surface area contributed by atoms with Crippen LogP contribution in [0.25, 0.3) is 6.08 Å². The maximum absolute atomic E-state index is 12.9. The number of benzene rings is 2. The molecule has 0 spiro atoms. The Morgan fingerprint density at radius 1 is 1.23 bits per heavy atom. The van der Waals surface area contributed by atoms with E-state index in [1.54, 1.807) is 0 Å². The molecule has 5 nitrogen and oxygen atoms in total. The van der Waals surface area contributed by atoms with Gasteiger partial charge in [-0.3, -0.25) is 19.8 Å². The highest BCUT2D eigenvalue weighted by molar-refractivity contribution is 8.27. The Kier molecular flexibility index (Phi) is 5.13. The zero-order chi connectivity index (χ0) is 19.0. The number of carbonyl (C=O) groups is 1. The Balaban J connectivity index is 2.00. The molecule has 1 fully saturated rings. The fraction of sp³-hybridized carbons (Fsp3) is 0.111. The average molecular weight is 405 g/mol. The minimum atomic E-state index is -0.505. The Hall–Kier alpha value is -2.22. The van der Waals surface area contributed by atoms with Crippen LogP contribution in [-0.4, -0.2) is 15.2 Å². The number of hydrogen-bond acceptors (Lipinski definition) is 5. The van der Waals surface area contributed by atoms with E-state index in [0.29, 0.717) is 19.8 Å². The van der Waals surface area contributed by atoms with Crippen molar-refractivity contribution in [2.75, 3.05) is 4.90 Å². The van der Waals surface area contributed by atoms with Crippen LogP contribution in [-0.2, 0) is 4.79 Å². The van der Waals surface area contributed by atoms with E-state index in [4.69, 9.17) is 23.8 Å². The summed E-state index contributed by atoms with van der Waals surface area (Å²) in [5, 5.41) is 11.3. The van der Waals surface area contributed by atoms with Crippen LogP contribution >= 0.6 is 35.6 Å². The summed E-state index contributed by atoms with van der Waals surface area (Å²) in [5.74, 6) is -0.269. The third kappa shape index (κ3) is 3.51. The maximum atomic E-state index is 12.9. The number of carbonyl (C=O) groups excluding carboxylic acids is 1. The van der Waals surface area contributed by atoms with E-state index in [1.807, 2.05) is 32.0 Å². The first kappa shape index (κ1) is 18.6. The summed E-state index contributed by atoms with van der Waals surface area (Å²) in [5.41, 5.74) is 3.07. The molecule has 0 radical (unpaired) electrons. The lowest BCUT2D eigenvalue weighted by molar-refractivity contribution is -0.384. The molecule has 3 rings (SSSR count). The van der Waals surface area contributed by atoms with Crippen molar-refractivity contribution in [1.29, 1.82) is 0 Å². The van der Waals surface area contributed by atoms with Crippen molar-refractivity contribution in [2.45, 2.75) is 13.8 Å². The second-order valence-electron chi connectivity index (χ2n) is 5.77. The van der Waals surface area contributed by atoms with Crippen LogP contribution in [0, 0.1) is 24.0 Å². The molecule has 0 N–H and O–H groups in total. The molecule has 1 heterocycles. The molecule has 1 saturated heterocycles. The van der Waals surface area contributed by atoms with Crippen molar-refractivity contribution >= 4 is 63.3 Å². The summed E-state index contributed by atoms with van der Waals surface area (Å²) in [7, 11) is 0. The molecule has 0 saturated carbocycles. The van der Waals surface area contributed by atoms with Gasteiger partial charge in [0, 0.05) is 22.7 Å². The standard InChI is InChI=1S/C18H13ClN2O3S2/c1-10-3-6-15(11(2)7-10)20-17(22)16(26-18(20)25)9-12-8-13(21(23)24)4-5-14(12)19/h3-9H,1-2H3/b16-9+. The maximum Gasteiger partial charge on any atom is 0.270 e. The van der Waals surface area contributed by atoms with Gasteiger partial charge >= 0.3 is 0 Å². The minimum absolute atomic E-state index is 0.0921. The van der Waals surface area contributed by atoms with Gasteiger partial charge in [0.15, 0.2) is 4.32 Å². The van der Waals surface area contributed by atoms with Gasteiger partial charge in [-0.15, -0.1) is 0 Å². The molecule has 0 aromatic heterocycles. The van der Waals surface area contributed by atoms with Gasteiger partial charge in [0.1, 0.15) is 0 Å². The molecule has 0 atom stereocenters. The van der Waals surface area contributed by atoms with Gasteiger partial charge in [0.05, 0.1) is 15.5 Å². The highest BCUT2D eigenvalue weighted by atomic mass is 35.5. The zero-order valence-electron chi connectivity index (χ0n) is 13.9. The van der Waals surface area contributed by atoms with Crippen molar-refractivity contribution in [3.05, 3.63) is 73.1 Å². The van der Waals surface area contributed by atoms with E-state index in [9.17, 15) is 14.9 Å². The average Bonchev–Trinajstić information content (AvgIpc) is 2.84. The molecule has 26 heavy (non-hydrogen) atoms. The SMILES string of the molecule is Cc1ccc(N2C(=O)/C(=C\c3cc([N+](=O)[O-])ccc3Cl)SC2=S)c(C)c1. The van der Waals surface area contributed by atoms with Crippen LogP contribution in [0.1, 0.15) is 16.7 Å². The summed E-state index contributed by atoms with van der Waals surface area (Å²) in [6.07, 6.45) is 1.54. The Labute approximate surface area is 164 Å². The first-order chi connectivity index (χ1) is 12.3. The zero-order valence-corrected chi connectivity index (χ0v) is 16.2. The van der Waals surface area contributed by atoms with Gasteiger partial charge in [0.2, 0.25) is 0 Å². The molecule has 2 aromatic carbocycles. The normalized spacial score (nSPS) is 15.8. The number of nitrogens with zero attached hydrogens (tertiary/aromatic N) is 2. The largest absolute Gasteiger partial charge is 0.270 e. The number of non-ortho nitro benzene ring substituents is 1. The second-order valence-corrected chi connectivity index (χ2v) is 7.85. The number of nitro groups is 1. The topological polar surface area (TPSA) is 63.5 Å². The monoisotopic (exact) mass is 404 g/mol. The lowest BCUT2D eigenvalue weighted by atomic mass is 10.1. The molecule has 0 bridgehead atoms. The van der Waals surface area contributed by atoms with Gasteiger partial charge in [-0.25, -0.2) is 0 Å². The number of thiocarbonyl (C=S) groups is 1. The summed E-state index contributed by atoms with van der Waals surface area (Å²) in [6.45, 7) is 3.90. The Morgan fingerprint density at radius 2 is 1.96 bits per heavy atom. The number of anilines is 1. The molecule has 1 aliphatic heterocycles. The lowest BCUT2D eigenvalue weighted by Crippen LogP contribution is -2.28. The molecular weight excluding hydrogens is 392 g/mol. The molecule has 2 aromatic rings. The summed E-state index contributed by atoms with van der Waals surface area (Å²) < 4.78 is 0.412. The number of halogens is 1. The van der Waals surface area contributed by atoms with Crippen LogP contribution in [0.4, 0.5) is 11.4 Å². The van der Waals surface area contributed by atoms with Crippen LogP contribution in [0.3, 0.4) is 0 Å². The third-order valence-electron chi connectivity index (χ3n) is 3.86. The first-order valence-corrected chi connectivity index (χ1v) is 9.17. The summed E-state index contributed by atoms with van der Waals surface area (Å²) >= 11 is 12.6. The van der Waals surface area contributed by atoms with Gasteiger partial charge in [0.25, 0.3) is 11.6 Å². The molecule has 132 valence electrons. The van der Waals surface area contributed by atoms with Crippen LogP contribution in [0.2, 0.25) is 5.02 Å². The van der Waals surface area contributed by atoms with Crippen molar-refractivity contribution < 1.29 is 9.72 Å². The van der Waals surface area contributed by atoms with Crippen LogP contribution < -0.4 is 4.90 Å². The lowest BCUT2D eigenvalue weighted by Gasteiger charge is -2.17. The highest BCUT2D eigenvalue weighted by Crippen LogP contribution is 2.38. The first-order valence-electron chi connectivity index (χ1n) is 7.57. The number of thioether (sulfide) groups is 1. The van der Waals surface area contributed by atoms with Crippen LogP contribution in [0.5, 0.6) is 0 Å². The van der Waals surface area contributed by atoms with Gasteiger partial charge < -0.3 is 0 Å². The smallest absolute Gasteiger partial charge is 0.268 e. The van der Waals surface area contributed by atoms with Gasteiger partial charge in [-0.05, 0) is 37.6 Å². The van der Waals surface area contributed by atoms with Crippen LogP contribution in [0.15, 0.2) is 41.3 Å². The van der Waals surface area contributed by atoms with Gasteiger partial charge in [-0.1, -0.05) is 53.3 Å². The predicted molar refractivity (Wildman–Crippen MR) is 110 cm³/mol. The van der Waals surface area contributed by atoms with Crippen molar-refractivity contribution in [3.8, 4) is 0 Å².